The topological polar surface area (TPSA) is 69.6 Å². The Kier molecular flexibility index (Phi) is 3.60. The molecule has 0 amide bonds. The van der Waals surface area contributed by atoms with Crippen LogP contribution < -0.4 is 5.73 Å². The standard InChI is InChI=1S/C13H8BrClFN5/c14-10-5-7(16)1-4-12(10)21-13(18-19-20-21)9-3-2-8(17)6-11(9)15/h1-6H,17H2. The molecule has 2 aromatic carbocycles. The van der Waals surface area contributed by atoms with Crippen LogP contribution in [-0.4, -0.2) is 20.2 Å². The molecule has 0 aliphatic carbocycles. The molecule has 0 bridgehead atoms. The predicted octanol–water partition coefficient (Wildman–Crippen LogP) is 3.47. The van der Waals surface area contributed by atoms with Gasteiger partial charge in [0.2, 0.25) is 0 Å². The molecule has 0 spiro atoms. The Labute approximate surface area is 132 Å². The number of nitrogens with zero attached hydrogens (tertiary/aromatic N) is 4. The van der Waals surface area contributed by atoms with E-state index in [1.165, 1.54) is 16.8 Å². The molecule has 0 unspecified atom stereocenters. The molecule has 0 saturated carbocycles. The molecule has 8 heteroatoms. The van der Waals surface area contributed by atoms with E-state index in [9.17, 15) is 4.39 Å². The summed E-state index contributed by atoms with van der Waals surface area (Å²) in [5.74, 6) is 0.0816. The minimum absolute atomic E-state index is 0.356. The van der Waals surface area contributed by atoms with Crippen LogP contribution >= 0.6 is 27.5 Å². The zero-order valence-electron chi connectivity index (χ0n) is 10.5. The number of tetrazole rings is 1. The molecule has 0 radical (unpaired) electrons. The molecule has 0 atom stereocenters. The quantitative estimate of drug-likeness (QED) is 0.703. The van der Waals surface area contributed by atoms with Crippen LogP contribution in [0.25, 0.3) is 17.1 Å². The number of rotatable bonds is 2. The van der Waals surface area contributed by atoms with Crippen molar-refractivity contribution in [2.75, 3.05) is 5.73 Å². The van der Waals surface area contributed by atoms with Crippen molar-refractivity contribution in [2.24, 2.45) is 0 Å². The summed E-state index contributed by atoms with van der Waals surface area (Å²) >= 11 is 9.48. The molecule has 5 nitrogen and oxygen atoms in total. The van der Waals surface area contributed by atoms with Gasteiger partial charge in [-0.15, -0.1) is 5.10 Å². The number of nitrogen functional groups attached to an aromatic ring is 1. The molecule has 0 fully saturated rings. The first-order chi connectivity index (χ1) is 10.1. The number of anilines is 1. The van der Waals surface area contributed by atoms with E-state index in [4.69, 9.17) is 17.3 Å². The van der Waals surface area contributed by atoms with Crippen molar-refractivity contribution < 1.29 is 4.39 Å². The molecule has 3 aromatic rings. The van der Waals surface area contributed by atoms with Crippen molar-refractivity contribution in [3.8, 4) is 17.1 Å². The minimum atomic E-state index is -0.356. The first-order valence-electron chi connectivity index (χ1n) is 5.85. The van der Waals surface area contributed by atoms with Crippen LogP contribution in [0.2, 0.25) is 5.02 Å². The normalized spacial score (nSPS) is 10.8. The van der Waals surface area contributed by atoms with E-state index in [1.807, 2.05) is 0 Å². The van der Waals surface area contributed by atoms with Crippen LogP contribution in [0.1, 0.15) is 0 Å². The van der Waals surface area contributed by atoms with Crippen molar-refractivity contribution in [1.29, 1.82) is 0 Å². The minimum Gasteiger partial charge on any atom is -0.399 e. The molecule has 1 heterocycles. The van der Waals surface area contributed by atoms with Crippen molar-refractivity contribution in [2.45, 2.75) is 0 Å². The molecule has 0 aliphatic heterocycles. The molecule has 1 aromatic heterocycles. The lowest BCUT2D eigenvalue weighted by Crippen LogP contribution is -2.01. The monoisotopic (exact) mass is 367 g/mol. The van der Waals surface area contributed by atoms with E-state index in [0.29, 0.717) is 32.3 Å². The van der Waals surface area contributed by atoms with Crippen molar-refractivity contribution in [3.05, 3.63) is 51.7 Å². The first kappa shape index (κ1) is 14.0. The fourth-order valence-electron chi connectivity index (χ4n) is 1.88. The second kappa shape index (κ2) is 5.42. The highest BCUT2D eigenvalue weighted by atomic mass is 79.9. The average molecular weight is 369 g/mol. The van der Waals surface area contributed by atoms with Crippen LogP contribution in [0.5, 0.6) is 0 Å². The van der Waals surface area contributed by atoms with Gasteiger partial charge in [-0.05, 0) is 62.8 Å². The fraction of sp³-hybridized carbons (Fsp3) is 0. The molecule has 2 N–H and O–H groups in total. The summed E-state index contributed by atoms with van der Waals surface area (Å²) < 4.78 is 15.2. The second-order valence-electron chi connectivity index (χ2n) is 4.25. The third kappa shape index (κ3) is 2.62. The third-order valence-electron chi connectivity index (χ3n) is 2.84. The Bertz CT molecular complexity index is 754. The summed E-state index contributed by atoms with van der Waals surface area (Å²) in [6.07, 6.45) is 0. The highest BCUT2D eigenvalue weighted by molar-refractivity contribution is 9.10. The second-order valence-corrected chi connectivity index (χ2v) is 5.51. The van der Waals surface area contributed by atoms with E-state index >= 15 is 0 Å². The van der Waals surface area contributed by atoms with Crippen LogP contribution in [0, 0.1) is 5.82 Å². The number of hydrogen-bond acceptors (Lipinski definition) is 4. The largest absolute Gasteiger partial charge is 0.399 e. The fourth-order valence-corrected chi connectivity index (χ4v) is 2.68. The van der Waals surface area contributed by atoms with Crippen molar-refractivity contribution >= 4 is 33.2 Å². The summed E-state index contributed by atoms with van der Waals surface area (Å²) in [5, 5.41) is 12.0. The summed E-state index contributed by atoms with van der Waals surface area (Å²) in [4.78, 5) is 0. The summed E-state index contributed by atoms with van der Waals surface area (Å²) in [5.41, 5.74) is 7.46. The highest BCUT2D eigenvalue weighted by Gasteiger charge is 2.16. The zero-order chi connectivity index (χ0) is 15.0. The van der Waals surface area contributed by atoms with Gasteiger partial charge in [-0.1, -0.05) is 11.6 Å². The van der Waals surface area contributed by atoms with Crippen LogP contribution in [-0.2, 0) is 0 Å². The van der Waals surface area contributed by atoms with Gasteiger partial charge in [0, 0.05) is 15.7 Å². The summed E-state index contributed by atoms with van der Waals surface area (Å²) in [6.45, 7) is 0. The van der Waals surface area contributed by atoms with Gasteiger partial charge in [0.15, 0.2) is 5.82 Å². The lowest BCUT2D eigenvalue weighted by molar-refractivity contribution is 0.625. The van der Waals surface area contributed by atoms with Gasteiger partial charge in [-0.2, -0.15) is 4.68 Å². The smallest absolute Gasteiger partial charge is 0.188 e. The zero-order valence-corrected chi connectivity index (χ0v) is 12.8. The maximum Gasteiger partial charge on any atom is 0.188 e. The SMILES string of the molecule is Nc1ccc(-c2nnnn2-c2ccc(F)cc2Br)c(Cl)c1. The number of nitrogens with two attached hydrogens (primary N) is 1. The van der Waals surface area contributed by atoms with Gasteiger partial charge in [0.25, 0.3) is 0 Å². The Balaban J connectivity index is 2.17. The van der Waals surface area contributed by atoms with Gasteiger partial charge in [-0.25, -0.2) is 4.39 Å². The van der Waals surface area contributed by atoms with Crippen LogP contribution in [0.3, 0.4) is 0 Å². The van der Waals surface area contributed by atoms with E-state index in [2.05, 4.69) is 31.5 Å². The Hall–Kier alpha value is -1.99. The van der Waals surface area contributed by atoms with E-state index in [1.54, 1.807) is 24.3 Å². The van der Waals surface area contributed by atoms with Gasteiger partial charge >= 0.3 is 0 Å². The van der Waals surface area contributed by atoms with Crippen molar-refractivity contribution in [1.82, 2.24) is 20.2 Å². The van der Waals surface area contributed by atoms with Crippen molar-refractivity contribution in [3.63, 3.8) is 0 Å². The van der Waals surface area contributed by atoms with Crippen LogP contribution in [0.4, 0.5) is 10.1 Å². The maximum atomic E-state index is 13.2. The Morgan fingerprint density at radius 2 is 2.00 bits per heavy atom. The molecule has 0 saturated heterocycles. The molecule has 3 rings (SSSR count). The molecular formula is C13H8BrClFN5. The Morgan fingerprint density at radius 3 is 2.71 bits per heavy atom. The number of halogens is 3. The number of aromatic nitrogens is 4. The van der Waals surface area contributed by atoms with Gasteiger partial charge in [0.1, 0.15) is 5.82 Å². The lowest BCUT2D eigenvalue weighted by Gasteiger charge is -2.08. The van der Waals surface area contributed by atoms with E-state index in [0.717, 1.165) is 0 Å². The molecule has 106 valence electrons. The number of hydrogen-bond donors (Lipinski definition) is 1. The highest BCUT2D eigenvalue weighted by Crippen LogP contribution is 2.30. The predicted molar refractivity (Wildman–Crippen MR) is 81.7 cm³/mol. The number of benzene rings is 2. The average Bonchev–Trinajstić information content (AvgIpc) is 2.87. The van der Waals surface area contributed by atoms with Crippen LogP contribution in [0.15, 0.2) is 40.9 Å². The summed E-state index contributed by atoms with van der Waals surface area (Å²) in [7, 11) is 0. The lowest BCUT2D eigenvalue weighted by atomic mass is 10.2. The van der Waals surface area contributed by atoms with E-state index in [-0.39, 0.29) is 5.82 Å². The molecule has 21 heavy (non-hydrogen) atoms. The maximum absolute atomic E-state index is 13.2. The van der Waals surface area contributed by atoms with Gasteiger partial charge < -0.3 is 5.73 Å². The molecule has 0 aliphatic rings. The Morgan fingerprint density at radius 1 is 1.19 bits per heavy atom. The molecular weight excluding hydrogens is 361 g/mol. The summed E-state index contributed by atoms with van der Waals surface area (Å²) in [6, 6.07) is 9.30. The van der Waals surface area contributed by atoms with Gasteiger partial charge in [-0.3, -0.25) is 0 Å². The van der Waals surface area contributed by atoms with E-state index < -0.39 is 0 Å². The first-order valence-corrected chi connectivity index (χ1v) is 7.02. The third-order valence-corrected chi connectivity index (χ3v) is 3.79. The van der Waals surface area contributed by atoms with Gasteiger partial charge in [0.05, 0.1) is 10.7 Å².